The van der Waals surface area contributed by atoms with Crippen LogP contribution in [0.3, 0.4) is 0 Å². The van der Waals surface area contributed by atoms with Crippen molar-refractivity contribution in [3.8, 4) is 0 Å². The molecule has 9 heteroatoms. The van der Waals surface area contributed by atoms with Gasteiger partial charge < -0.3 is 4.98 Å². The second-order valence-electron chi connectivity index (χ2n) is 5.43. The molecule has 4 aromatic rings. The Morgan fingerprint density at radius 1 is 1.28 bits per heavy atom. The highest BCUT2D eigenvalue weighted by molar-refractivity contribution is 7.99. The summed E-state index contributed by atoms with van der Waals surface area (Å²) in [5.41, 5.74) is 0.554. The van der Waals surface area contributed by atoms with Gasteiger partial charge in [-0.3, -0.25) is 4.79 Å². The van der Waals surface area contributed by atoms with E-state index in [1.807, 2.05) is 42.6 Å². The minimum absolute atomic E-state index is 0.0922. The number of hydrogen-bond donors (Lipinski definition) is 1. The molecule has 1 aromatic carbocycles. The first-order valence-corrected chi connectivity index (χ1v) is 9.41. The number of rotatable bonds is 5. The van der Waals surface area contributed by atoms with Crippen LogP contribution in [0.1, 0.15) is 22.9 Å². The van der Waals surface area contributed by atoms with Crippen LogP contribution in [0.5, 0.6) is 0 Å². The Morgan fingerprint density at radius 2 is 2.16 bits per heavy atom. The quantitative estimate of drug-likeness (QED) is 0.543. The van der Waals surface area contributed by atoms with Crippen molar-refractivity contribution in [3.63, 3.8) is 0 Å². The lowest BCUT2D eigenvalue weighted by atomic mass is 10.2. The molecule has 126 valence electrons. The van der Waals surface area contributed by atoms with E-state index in [4.69, 9.17) is 0 Å². The lowest BCUT2D eigenvalue weighted by molar-refractivity contribution is 0.607. The number of tetrazole rings is 1. The highest BCUT2D eigenvalue weighted by Crippen LogP contribution is 2.31. The molecule has 0 saturated heterocycles. The molecule has 0 bridgehead atoms. The normalized spacial score (nSPS) is 12.5. The minimum atomic E-state index is -0.133. The zero-order chi connectivity index (χ0) is 17.2. The molecule has 0 spiro atoms. The van der Waals surface area contributed by atoms with Crippen LogP contribution >= 0.6 is 23.1 Å². The van der Waals surface area contributed by atoms with Crippen LogP contribution in [0.2, 0.25) is 0 Å². The molecule has 0 saturated carbocycles. The molecule has 3 heterocycles. The maximum atomic E-state index is 12.2. The fourth-order valence-electron chi connectivity index (χ4n) is 2.44. The van der Waals surface area contributed by atoms with E-state index < -0.39 is 0 Å². The number of aromatic nitrogens is 6. The number of thiophene rings is 1. The standard InChI is InChI=1S/C16H14N6OS2/c1-10(14-17-13-7-3-2-6-12(13)15(23)18-14)25-16-19-20-21-22(16)9-11-5-4-8-24-11/h2-8,10H,9H2,1H3,(H,17,18,23)/t10-/m1/s1. The summed E-state index contributed by atoms with van der Waals surface area (Å²) in [7, 11) is 0. The van der Waals surface area contributed by atoms with Crippen molar-refractivity contribution in [2.75, 3.05) is 0 Å². The fraction of sp³-hybridized carbons (Fsp3) is 0.188. The molecule has 1 atom stereocenters. The van der Waals surface area contributed by atoms with Gasteiger partial charge in [0.05, 0.1) is 22.7 Å². The third kappa shape index (κ3) is 3.33. The average Bonchev–Trinajstić information content (AvgIpc) is 3.28. The minimum Gasteiger partial charge on any atom is -0.309 e. The van der Waals surface area contributed by atoms with Gasteiger partial charge >= 0.3 is 0 Å². The fourth-order valence-corrected chi connectivity index (χ4v) is 3.97. The van der Waals surface area contributed by atoms with Crippen molar-refractivity contribution in [2.45, 2.75) is 23.9 Å². The summed E-state index contributed by atoms with van der Waals surface area (Å²) in [4.78, 5) is 20.8. The molecule has 1 N–H and O–H groups in total. The summed E-state index contributed by atoms with van der Waals surface area (Å²) in [5.74, 6) is 0.611. The summed E-state index contributed by atoms with van der Waals surface area (Å²) < 4.78 is 1.76. The van der Waals surface area contributed by atoms with Crippen LogP contribution in [0.25, 0.3) is 10.9 Å². The first kappa shape index (κ1) is 16.0. The molecule has 3 aromatic heterocycles. The zero-order valence-electron chi connectivity index (χ0n) is 13.3. The molecule has 7 nitrogen and oxygen atoms in total. The van der Waals surface area contributed by atoms with E-state index in [0.29, 0.717) is 28.4 Å². The van der Waals surface area contributed by atoms with E-state index in [-0.39, 0.29) is 10.8 Å². The molecular weight excluding hydrogens is 356 g/mol. The Kier molecular flexibility index (Phi) is 4.33. The number of hydrogen-bond acceptors (Lipinski definition) is 7. The molecule has 0 aliphatic heterocycles. The number of thioether (sulfide) groups is 1. The first-order valence-electron chi connectivity index (χ1n) is 7.65. The van der Waals surface area contributed by atoms with Gasteiger partial charge in [-0.1, -0.05) is 30.0 Å². The summed E-state index contributed by atoms with van der Waals surface area (Å²) in [6, 6.07) is 11.4. The van der Waals surface area contributed by atoms with Crippen LogP contribution in [0, 0.1) is 0 Å². The zero-order valence-corrected chi connectivity index (χ0v) is 14.9. The van der Waals surface area contributed by atoms with Gasteiger partial charge in [0.15, 0.2) is 0 Å². The lowest BCUT2D eigenvalue weighted by Crippen LogP contribution is -2.13. The van der Waals surface area contributed by atoms with Crippen LogP contribution in [0.15, 0.2) is 51.7 Å². The van der Waals surface area contributed by atoms with Gasteiger partial charge in [-0.15, -0.1) is 16.4 Å². The SMILES string of the molecule is C[C@@H](Sc1nnnn1Cc1cccs1)c1nc2ccccc2c(=O)[nH]1. The van der Waals surface area contributed by atoms with Crippen molar-refractivity contribution >= 4 is 34.0 Å². The molecule has 25 heavy (non-hydrogen) atoms. The Morgan fingerprint density at radius 3 is 3.00 bits per heavy atom. The van der Waals surface area contributed by atoms with Crippen LogP contribution in [-0.4, -0.2) is 30.2 Å². The van der Waals surface area contributed by atoms with E-state index in [1.165, 1.54) is 16.6 Å². The van der Waals surface area contributed by atoms with Crippen molar-refractivity contribution in [1.82, 2.24) is 30.2 Å². The Hall–Kier alpha value is -2.52. The van der Waals surface area contributed by atoms with Gasteiger partial charge in [-0.25, -0.2) is 9.67 Å². The molecule has 0 aliphatic carbocycles. The smallest absolute Gasteiger partial charge is 0.258 e. The highest BCUT2D eigenvalue weighted by Gasteiger charge is 2.17. The number of fused-ring (bicyclic) bond motifs is 1. The lowest BCUT2D eigenvalue weighted by Gasteiger charge is -2.10. The number of benzene rings is 1. The van der Waals surface area contributed by atoms with E-state index in [2.05, 4.69) is 25.5 Å². The molecular formula is C16H14N6OS2. The van der Waals surface area contributed by atoms with Crippen LogP contribution < -0.4 is 5.56 Å². The number of para-hydroxylation sites is 1. The third-order valence-electron chi connectivity index (χ3n) is 3.68. The van der Waals surface area contributed by atoms with E-state index in [1.54, 1.807) is 22.1 Å². The molecule has 0 unspecified atom stereocenters. The highest BCUT2D eigenvalue weighted by atomic mass is 32.2. The third-order valence-corrected chi connectivity index (χ3v) is 5.62. The number of nitrogens with one attached hydrogen (secondary N) is 1. The Bertz CT molecular complexity index is 1060. The molecule has 0 amide bonds. The topological polar surface area (TPSA) is 89.3 Å². The Balaban J connectivity index is 1.60. The first-order chi connectivity index (χ1) is 12.2. The molecule has 0 aliphatic rings. The van der Waals surface area contributed by atoms with Gasteiger partial charge in [0, 0.05) is 4.88 Å². The summed E-state index contributed by atoms with van der Waals surface area (Å²) in [5, 5.41) is 15.1. The van der Waals surface area contributed by atoms with Crippen molar-refractivity contribution < 1.29 is 0 Å². The summed E-state index contributed by atoms with van der Waals surface area (Å²) >= 11 is 3.13. The number of H-pyrrole nitrogens is 1. The predicted molar refractivity (Wildman–Crippen MR) is 97.9 cm³/mol. The van der Waals surface area contributed by atoms with E-state index >= 15 is 0 Å². The van der Waals surface area contributed by atoms with Gasteiger partial charge in [0.2, 0.25) is 5.16 Å². The van der Waals surface area contributed by atoms with Gasteiger partial charge in [-0.2, -0.15) is 0 Å². The van der Waals surface area contributed by atoms with E-state index in [9.17, 15) is 4.79 Å². The summed E-state index contributed by atoms with van der Waals surface area (Å²) in [6.07, 6.45) is 0. The monoisotopic (exact) mass is 370 g/mol. The Labute approximate surface area is 151 Å². The van der Waals surface area contributed by atoms with Crippen LogP contribution in [-0.2, 0) is 6.54 Å². The van der Waals surface area contributed by atoms with E-state index in [0.717, 1.165) is 0 Å². The van der Waals surface area contributed by atoms with Crippen molar-refractivity contribution in [2.24, 2.45) is 0 Å². The van der Waals surface area contributed by atoms with Gasteiger partial charge in [0.25, 0.3) is 5.56 Å². The predicted octanol–water partition coefficient (Wildman–Crippen LogP) is 2.87. The largest absolute Gasteiger partial charge is 0.309 e. The molecule has 0 radical (unpaired) electrons. The number of nitrogens with zero attached hydrogens (tertiary/aromatic N) is 5. The molecule has 4 rings (SSSR count). The summed E-state index contributed by atoms with van der Waals surface area (Å²) in [6.45, 7) is 2.60. The molecule has 0 fully saturated rings. The average molecular weight is 370 g/mol. The van der Waals surface area contributed by atoms with Gasteiger partial charge in [0.1, 0.15) is 5.82 Å². The van der Waals surface area contributed by atoms with Gasteiger partial charge in [-0.05, 0) is 40.9 Å². The second-order valence-corrected chi connectivity index (χ2v) is 7.77. The van der Waals surface area contributed by atoms with Crippen molar-refractivity contribution in [1.29, 1.82) is 0 Å². The second kappa shape index (κ2) is 6.77. The van der Waals surface area contributed by atoms with Crippen LogP contribution in [0.4, 0.5) is 0 Å². The van der Waals surface area contributed by atoms with Crippen molar-refractivity contribution in [3.05, 3.63) is 62.8 Å². The maximum Gasteiger partial charge on any atom is 0.258 e. The maximum absolute atomic E-state index is 12.2. The number of aromatic amines is 1.